The number of carbonyl (C=O) groups is 1. The molecule has 0 atom stereocenters. The summed E-state index contributed by atoms with van der Waals surface area (Å²) < 4.78 is 0. The number of amides is 1. The number of halogens is 1. The molecule has 0 saturated carbocycles. The van der Waals surface area contributed by atoms with E-state index >= 15 is 0 Å². The molecule has 0 bridgehead atoms. The summed E-state index contributed by atoms with van der Waals surface area (Å²) in [4.78, 5) is 14.3. The van der Waals surface area contributed by atoms with Gasteiger partial charge in [0.25, 0.3) is 0 Å². The van der Waals surface area contributed by atoms with Gasteiger partial charge in [0.2, 0.25) is 5.91 Å². The molecule has 0 unspecified atom stereocenters. The Morgan fingerprint density at radius 3 is 3.07 bits per heavy atom. The maximum atomic E-state index is 10.4. The fraction of sp³-hybridized carbons (Fsp3) is 0.100. The van der Waals surface area contributed by atoms with Gasteiger partial charge in [-0.2, -0.15) is 5.26 Å². The standard InChI is InChI=1S/C10H8ClN3O/c11-10-8(5-12)4-7(6-14-10)2-1-3-9(13)15/h1-2,4,6H,3H2,(H2,13,15). The van der Waals surface area contributed by atoms with Gasteiger partial charge < -0.3 is 5.73 Å². The van der Waals surface area contributed by atoms with Crippen LogP contribution in [0.4, 0.5) is 0 Å². The van der Waals surface area contributed by atoms with Crippen molar-refractivity contribution in [2.24, 2.45) is 5.73 Å². The number of rotatable bonds is 3. The molecule has 1 rings (SSSR count). The number of nitrogens with two attached hydrogens (primary N) is 1. The summed E-state index contributed by atoms with van der Waals surface area (Å²) in [5, 5.41) is 8.85. The Hall–Kier alpha value is -1.86. The third kappa shape index (κ3) is 3.41. The first-order valence-electron chi connectivity index (χ1n) is 4.14. The third-order valence-electron chi connectivity index (χ3n) is 1.61. The van der Waals surface area contributed by atoms with Crippen molar-refractivity contribution in [1.29, 1.82) is 5.26 Å². The zero-order chi connectivity index (χ0) is 11.3. The zero-order valence-electron chi connectivity index (χ0n) is 7.77. The summed E-state index contributed by atoms with van der Waals surface area (Å²) in [5.41, 5.74) is 5.97. The maximum Gasteiger partial charge on any atom is 0.221 e. The Morgan fingerprint density at radius 2 is 2.47 bits per heavy atom. The monoisotopic (exact) mass is 221 g/mol. The molecule has 0 saturated heterocycles. The molecule has 2 N–H and O–H groups in total. The smallest absolute Gasteiger partial charge is 0.221 e. The number of primary amides is 1. The van der Waals surface area contributed by atoms with Crippen LogP contribution in [-0.2, 0) is 4.79 Å². The molecule has 1 heterocycles. The average Bonchev–Trinajstić information content (AvgIpc) is 2.20. The summed E-state index contributed by atoms with van der Waals surface area (Å²) in [6, 6.07) is 3.50. The first-order chi connectivity index (χ1) is 7.13. The normalized spacial score (nSPS) is 10.1. The van der Waals surface area contributed by atoms with Gasteiger partial charge >= 0.3 is 0 Å². The molecule has 4 nitrogen and oxygen atoms in total. The van der Waals surface area contributed by atoms with Crippen LogP contribution < -0.4 is 5.73 Å². The summed E-state index contributed by atoms with van der Waals surface area (Å²) >= 11 is 5.65. The van der Waals surface area contributed by atoms with Gasteiger partial charge in [-0.15, -0.1) is 0 Å². The largest absolute Gasteiger partial charge is 0.369 e. The molecule has 0 spiro atoms. The van der Waals surface area contributed by atoms with Crippen molar-refractivity contribution in [2.75, 3.05) is 0 Å². The van der Waals surface area contributed by atoms with Gasteiger partial charge in [-0.05, 0) is 11.6 Å². The molecule has 76 valence electrons. The van der Waals surface area contributed by atoms with E-state index in [4.69, 9.17) is 22.6 Å². The van der Waals surface area contributed by atoms with E-state index in [2.05, 4.69) is 4.98 Å². The second-order valence-electron chi connectivity index (χ2n) is 2.79. The lowest BCUT2D eigenvalue weighted by Gasteiger charge is -1.95. The Labute approximate surface area is 92.0 Å². The highest BCUT2D eigenvalue weighted by molar-refractivity contribution is 6.30. The predicted octanol–water partition coefficient (Wildman–Crippen LogP) is 1.50. The Kier molecular flexibility index (Phi) is 3.83. The highest BCUT2D eigenvalue weighted by atomic mass is 35.5. The lowest BCUT2D eigenvalue weighted by atomic mass is 10.2. The fourth-order valence-electron chi connectivity index (χ4n) is 0.945. The number of aromatic nitrogens is 1. The van der Waals surface area contributed by atoms with Crippen LogP contribution in [0, 0.1) is 11.3 Å². The maximum absolute atomic E-state index is 10.4. The van der Waals surface area contributed by atoms with Crippen molar-refractivity contribution in [3.8, 4) is 6.07 Å². The van der Waals surface area contributed by atoms with Crippen molar-refractivity contribution < 1.29 is 4.79 Å². The van der Waals surface area contributed by atoms with Gasteiger partial charge in [0.15, 0.2) is 0 Å². The van der Waals surface area contributed by atoms with E-state index in [-0.39, 0.29) is 11.6 Å². The first-order valence-corrected chi connectivity index (χ1v) is 4.51. The van der Waals surface area contributed by atoms with Crippen LogP contribution in [0.25, 0.3) is 6.08 Å². The van der Waals surface area contributed by atoms with E-state index in [1.165, 1.54) is 6.20 Å². The SMILES string of the molecule is N#Cc1cc(C=CCC(N)=O)cnc1Cl. The molecule has 0 aliphatic carbocycles. The van der Waals surface area contributed by atoms with E-state index in [0.29, 0.717) is 11.1 Å². The topological polar surface area (TPSA) is 79.8 Å². The summed E-state index contributed by atoms with van der Waals surface area (Å²) in [6.07, 6.45) is 4.94. The quantitative estimate of drug-likeness (QED) is 0.786. The number of hydrogen-bond acceptors (Lipinski definition) is 3. The average molecular weight is 222 g/mol. The molecular weight excluding hydrogens is 214 g/mol. The van der Waals surface area contributed by atoms with E-state index < -0.39 is 5.91 Å². The lowest BCUT2D eigenvalue weighted by molar-refractivity contribution is -0.117. The van der Waals surface area contributed by atoms with Crippen LogP contribution in [0.1, 0.15) is 17.5 Å². The minimum atomic E-state index is -0.409. The minimum absolute atomic E-state index is 0.157. The van der Waals surface area contributed by atoms with E-state index in [0.717, 1.165) is 0 Å². The van der Waals surface area contributed by atoms with Crippen molar-refractivity contribution >= 4 is 23.6 Å². The molecular formula is C10H8ClN3O. The van der Waals surface area contributed by atoms with Gasteiger partial charge in [-0.25, -0.2) is 4.98 Å². The number of carbonyl (C=O) groups excluding carboxylic acids is 1. The van der Waals surface area contributed by atoms with Crippen molar-refractivity contribution in [2.45, 2.75) is 6.42 Å². The van der Waals surface area contributed by atoms with Crippen LogP contribution in [-0.4, -0.2) is 10.9 Å². The Balaban J connectivity index is 2.84. The molecule has 1 aromatic rings. The molecule has 0 aliphatic heterocycles. The molecule has 0 radical (unpaired) electrons. The van der Waals surface area contributed by atoms with Gasteiger partial charge in [0.05, 0.1) is 5.56 Å². The number of pyridine rings is 1. The van der Waals surface area contributed by atoms with Crippen LogP contribution in [0.3, 0.4) is 0 Å². The fourth-order valence-corrected chi connectivity index (χ4v) is 1.09. The van der Waals surface area contributed by atoms with Gasteiger partial charge in [-0.1, -0.05) is 23.8 Å². The summed E-state index contributed by atoms with van der Waals surface area (Å²) in [6.45, 7) is 0. The Morgan fingerprint density at radius 1 is 1.73 bits per heavy atom. The van der Waals surface area contributed by atoms with Gasteiger partial charge in [0.1, 0.15) is 11.2 Å². The molecule has 0 aliphatic rings. The Bertz CT molecular complexity index is 448. The van der Waals surface area contributed by atoms with Crippen molar-refractivity contribution in [3.05, 3.63) is 34.6 Å². The number of nitriles is 1. The zero-order valence-corrected chi connectivity index (χ0v) is 8.53. The summed E-state index contributed by atoms with van der Waals surface area (Å²) in [7, 11) is 0. The van der Waals surface area contributed by atoms with E-state index in [1.807, 2.05) is 6.07 Å². The highest BCUT2D eigenvalue weighted by Gasteiger charge is 2.00. The van der Waals surface area contributed by atoms with E-state index in [9.17, 15) is 4.79 Å². The molecule has 15 heavy (non-hydrogen) atoms. The third-order valence-corrected chi connectivity index (χ3v) is 1.91. The van der Waals surface area contributed by atoms with Gasteiger partial charge in [0, 0.05) is 12.6 Å². The van der Waals surface area contributed by atoms with Gasteiger partial charge in [-0.3, -0.25) is 4.79 Å². The van der Waals surface area contributed by atoms with Crippen LogP contribution in [0.2, 0.25) is 5.15 Å². The van der Waals surface area contributed by atoms with E-state index in [1.54, 1.807) is 18.2 Å². The molecule has 5 heteroatoms. The predicted molar refractivity (Wildman–Crippen MR) is 56.8 cm³/mol. The van der Waals surface area contributed by atoms with Crippen LogP contribution >= 0.6 is 11.6 Å². The number of hydrogen-bond donors (Lipinski definition) is 1. The van der Waals surface area contributed by atoms with Crippen LogP contribution in [0.5, 0.6) is 0 Å². The molecule has 0 aromatic carbocycles. The first kappa shape index (κ1) is 11.2. The second-order valence-corrected chi connectivity index (χ2v) is 3.15. The second kappa shape index (κ2) is 5.13. The molecule has 1 aromatic heterocycles. The molecule has 0 fully saturated rings. The minimum Gasteiger partial charge on any atom is -0.369 e. The summed E-state index contributed by atoms with van der Waals surface area (Å²) in [5.74, 6) is -0.409. The lowest BCUT2D eigenvalue weighted by Crippen LogP contribution is -2.07. The van der Waals surface area contributed by atoms with Crippen molar-refractivity contribution in [1.82, 2.24) is 4.98 Å². The molecule has 1 amide bonds. The number of nitrogens with zero attached hydrogens (tertiary/aromatic N) is 2. The highest BCUT2D eigenvalue weighted by Crippen LogP contribution is 2.13. The van der Waals surface area contributed by atoms with Crippen molar-refractivity contribution in [3.63, 3.8) is 0 Å². The van der Waals surface area contributed by atoms with Crippen LogP contribution in [0.15, 0.2) is 18.3 Å².